The van der Waals surface area contributed by atoms with Gasteiger partial charge in [-0.1, -0.05) is 24.6 Å². The number of alkyl carbamates (subject to hydrolysis) is 1. The van der Waals surface area contributed by atoms with Crippen LogP contribution >= 0.6 is 11.6 Å². The van der Waals surface area contributed by atoms with Gasteiger partial charge in [-0.3, -0.25) is 14.6 Å². The van der Waals surface area contributed by atoms with Gasteiger partial charge in [-0.2, -0.15) is 0 Å². The number of halogens is 1. The zero-order chi connectivity index (χ0) is 28.1. The maximum atomic E-state index is 13.6. The van der Waals surface area contributed by atoms with Gasteiger partial charge in [-0.05, 0) is 81.8 Å². The summed E-state index contributed by atoms with van der Waals surface area (Å²) in [7, 11) is 0. The van der Waals surface area contributed by atoms with Crippen LogP contribution in [0.15, 0.2) is 36.7 Å². The molecule has 3 N–H and O–H groups in total. The van der Waals surface area contributed by atoms with E-state index in [1.54, 1.807) is 58.2 Å². The van der Waals surface area contributed by atoms with Crippen molar-refractivity contribution in [2.75, 3.05) is 6.54 Å². The Kier molecular flexibility index (Phi) is 9.38. The summed E-state index contributed by atoms with van der Waals surface area (Å²) in [5.74, 6) is -0.818. The van der Waals surface area contributed by atoms with Gasteiger partial charge in [-0.25, -0.2) is 4.79 Å². The first-order chi connectivity index (χ1) is 17.9. The zero-order valence-corrected chi connectivity index (χ0v) is 23.4. The van der Waals surface area contributed by atoms with Crippen LogP contribution < -0.4 is 10.6 Å². The molecule has 3 amide bonds. The summed E-state index contributed by atoms with van der Waals surface area (Å²) in [6, 6.07) is 6.26. The van der Waals surface area contributed by atoms with E-state index in [1.807, 2.05) is 6.92 Å². The molecule has 0 spiro atoms. The summed E-state index contributed by atoms with van der Waals surface area (Å²) in [5, 5.41) is 17.6. The van der Waals surface area contributed by atoms with Gasteiger partial charge in [-0.15, -0.1) is 0 Å². The molecule has 0 bridgehead atoms. The second kappa shape index (κ2) is 12.1. The Labute approximate surface area is 228 Å². The Morgan fingerprint density at radius 3 is 2.53 bits per heavy atom. The second-order valence-electron chi connectivity index (χ2n) is 10.5. The fraction of sp³-hybridized carbons (Fsp3) is 0.500. The lowest BCUT2D eigenvalue weighted by Gasteiger charge is -2.34. The monoisotopic (exact) mass is 544 g/mol. The Hall–Kier alpha value is -3.17. The second-order valence-corrected chi connectivity index (χ2v) is 11.0. The first kappa shape index (κ1) is 29.4. The summed E-state index contributed by atoms with van der Waals surface area (Å²) in [6.07, 6.45) is 3.87. The van der Waals surface area contributed by atoms with Crippen molar-refractivity contribution in [3.8, 4) is 0 Å². The Morgan fingerprint density at radius 2 is 1.87 bits per heavy atom. The van der Waals surface area contributed by atoms with Crippen LogP contribution in [0.4, 0.5) is 4.79 Å². The van der Waals surface area contributed by atoms with Gasteiger partial charge in [0, 0.05) is 42.6 Å². The molecule has 206 valence electrons. The third kappa shape index (κ3) is 7.02. The SMILES string of the molecule is CCC(O)(C(=O)N1CCC[C@H]1C(=O)NCc1cc(Cl)ccc1CNC(=O)OC(C)(C)C)c1cnccc1C. The highest BCUT2D eigenvalue weighted by Crippen LogP contribution is 2.32. The van der Waals surface area contributed by atoms with Crippen LogP contribution in [-0.4, -0.2) is 51.1 Å². The molecule has 2 atom stereocenters. The van der Waals surface area contributed by atoms with Crippen molar-refractivity contribution in [3.63, 3.8) is 0 Å². The molecule has 10 heteroatoms. The number of nitrogens with zero attached hydrogens (tertiary/aromatic N) is 2. The molecule has 1 saturated heterocycles. The molecule has 1 aliphatic heterocycles. The summed E-state index contributed by atoms with van der Waals surface area (Å²) >= 11 is 6.20. The van der Waals surface area contributed by atoms with E-state index in [1.165, 1.54) is 11.1 Å². The Balaban J connectivity index is 1.70. The van der Waals surface area contributed by atoms with Crippen LogP contribution in [0, 0.1) is 6.92 Å². The van der Waals surface area contributed by atoms with Crippen LogP contribution in [0.3, 0.4) is 0 Å². The van der Waals surface area contributed by atoms with Gasteiger partial charge in [0.25, 0.3) is 5.91 Å². The number of hydrogen-bond acceptors (Lipinski definition) is 6. The fourth-order valence-electron chi connectivity index (χ4n) is 4.59. The molecule has 0 saturated carbocycles. The van der Waals surface area contributed by atoms with Gasteiger partial charge in [0.15, 0.2) is 5.60 Å². The van der Waals surface area contributed by atoms with Crippen LogP contribution in [0.1, 0.15) is 69.2 Å². The normalized spacial score (nSPS) is 17.0. The van der Waals surface area contributed by atoms with Gasteiger partial charge >= 0.3 is 6.09 Å². The highest BCUT2D eigenvalue weighted by atomic mass is 35.5. The fourth-order valence-corrected chi connectivity index (χ4v) is 4.78. The lowest BCUT2D eigenvalue weighted by molar-refractivity contribution is -0.156. The first-order valence-electron chi connectivity index (χ1n) is 12.8. The molecule has 38 heavy (non-hydrogen) atoms. The number of carbonyl (C=O) groups excluding carboxylic acids is 3. The number of aromatic nitrogens is 1. The van der Waals surface area contributed by atoms with Crippen LogP contribution in [0.25, 0.3) is 0 Å². The number of rotatable bonds is 8. The highest BCUT2D eigenvalue weighted by Gasteiger charge is 2.45. The molecule has 3 rings (SSSR count). The summed E-state index contributed by atoms with van der Waals surface area (Å²) < 4.78 is 5.29. The smallest absolute Gasteiger partial charge is 0.407 e. The predicted molar refractivity (Wildman–Crippen MR) is 144 cm³/mol. The lowest BCUT2D eigenvalue weighted by Crippen LogP contribution is -2.53. The maximum Gasteiger partial charge on any atom is 0.407 e. The number of likely N-dealkylation sites (tertiary alicyclic amines) is 1. The van der Waals surface area contributed by atoms with E-state index in [2.05, 4.69) is 15.6 Å². The van der Waals surface area contributed by atoms with E-state index < -0.39 is 29.2 Å². The number of benzene rings is 1. The molecule has 1 aromatic carbocycles. The van der Waals surface area contributed by atoms with Crippen molar-refractivity contribution in [2.45, 2.75) is 84.2 Å². The van der Waals surface area contributed by atoms with E-state index in [0.717, 1.165) is 16.7 Å². The quantitative estimate of drug-likeness (QED) is 0.462. The molecule has 1 aromatic heterocycles. The van der Waals surface area contributed by atoms with Gasteiger partial charge < -0.3 is 25.4 Å². The minimum Gasteiger partial charge on any atom is -0.444 e. The molecule has 2 heterocycles. The standard InChI is InChI=1S/C28H37ClN4O5/c1-6-28(37,22-17-30-12-11-18(22)2)25(35)33-13-7-8-23(33)24(34)31-16-20-14-21(29)10-9-19(20)15-32-26(36)38-27(3,4)5/h9-12,14,17,23,37H,6-8,13,15-16H2,1-5H3,(H,31,34)(H,32,36)/t23-,28?/m0/s1. The summed E-state index contributed by atoms with van der Waals surface area (Å²) in [6.45, 7) is 9.63. The van der Waals surface area contributed by atoms with E-state index in [0.29, 0.717) is 30.0 Å². The van der Waals surface area contributed by atoms with Crippen LogP contribution in [0.5, 0.6) is 0 Å². The summed E-state index contributed by atoms with van der Waals surface area (Å²) in [5.41, 5.74) is 0.312. The van der Waals surface area contributed by atoms with Gasteiger partial charge in [0.05, 0.1) is 0 Å². The number of ether oxygens (including phenoxy) is 1. The molecule has 2 aromatic rings. The average Bonchev–Trinajstić information content (AvgIpc) is 3.35. The third-order valence-electron chi connectivity index (χ3n) is 6.61. The van der Waals surface area contributed by atoms with E-state index in [4.69, 9.17) is 16.3 Å². The molecular weight excluding hydrogens is 508 g/mol. The molecule has 0 aliphatic carbocycles. The zero-order valence-electron chi connectivity index (χ0n) is 22.6. The maximum absolute atomic E-state index is 13.6. The number of aryl methyl sites for hydroxylation is 1. The van der Waals surface area contributed by atoms with Crippen molar-refractivity contribution in [3.05, 3.63) is 63.9 Å². The number of nitrogens with one attached hydrogen (secondary N) is 2. The highest BCUT2D eigenvalue weighted by molar-refractivity contribution is 6.30. The third-order valence-corrected chi connectivity index (χ3v) is 6.84. The Morgan fingerprint density at radius 1 is 1.16 bits per heavy atom. The van der Waals surface area contributed by atoms with Crippen LogP contribution in [-0.2, 0) is 33.0 Å². The molecule has 1 unspecified atom stereocenters. The van der Waals surface area contributed by atoms with E-state index in [-0.39, 0.29) is 25.4 Å². The van der Waals surface area contributed by atoms with Crippen molar-refractivity contribution in [1.82, 2.24) is 20.5 Å². The minimum atomic E-state index is -1.77. The van der Waals surface area contributed by atoms with E-state index >= 15 is 0 Å². The van der Waals surface area contributed by atoms with Crippen molar-refractivity contribution < 1.29 is 24.2 Å². The van der Waals surface area contributed by atoms with Gasteiger partial charge in [0.1, 0.15) is 11.6 Å². The number of amides is 3. The molecule has 1 aliphatic rings. The Bertz CT molecular complexity index is 1180. The minimum absolute atomic E-state index is 0.153. The summed E-state index contributed by atoms with van der Waals surface area (Å²) in [4.78, 5) is 44.5. The largest absolute Gasteiger partial charge is 0.444 e. The van der Waals surface area contributed by atoms with Crippen molar-refractivity contribution in [1.29, 1.82) is 0 Å². The number of pyridine rings is 1. The topological polar surface area (TPSA) is 121 Å². The van der Waals surface area contributed by atoms with Gasteiger partial charge in [0.2, 0.25) is 5.91 Å². The number of aliphatic hydroxyl groups is 1. The number of hydrogen-bond donors (Lipinski definition) is 3. The molecule has 9 nitrogen and oxygen atoms in total. The van der Waals surface area contributed by atoms with Crippen LogP contribution in [0.2, 0.25) is 5.02 Å². The van der Waals surface area contributed by atoms with Crippen molar-refractivity contribution >= 4 is 29.5 Å². The lowest BCUT2D eigenvalue weighted by atomic mass is 9.87. The predicted octanol–water partition coefficient (Wildman–Crippen LogP) is 3.97. The molecule has 1 fully saturated rings. The first-order valence-corrected chi connectivity index (χ1v) is 13.2. The van der Waals surface area contributed by atoms with E-state index in [9.17, 15) is 19.5 Å². The molecular formula is C28H37ClN4O5. The van der Waals surface area contributed by atoms with Crippen molar-refractivity contribution in [2.24, 2.45) is 0 Å². The number of carbonyl (C=O) groups is 3. The average molecular weight is 545 g/mol. The molecule has 0 radical (unpaired) electrons.